The van der Waals surface area contributed by atoms with Crippen molar-refractivity contribution in [3.05, 3.63) is 35.4 Å². The monoisotopic (exact) mass is 239 g/mol. The Morgan fingerprint density at radius 1 is 1.18 bits per heavy atom. The maximum Gasteiger partial charge on any atom is 0.159 e. The molecular weight excluding hydrogens is 220 g/mol. The summed E-state index contributed by atoms with van der Waals surface area (Å²) in [5.74, 6) is -0.935. The van der Waals surface area contributed by atoms with Crippen LogP contribution in [0, 0.1) is 17.6 Å². The maximum atomic E-state index is 13.3. The predicted molar refractivity (Wildman–Crippen MR) is 64.5 cm³/mol. The van der Waals surface area contributed by atoms with Gasteiger partial charge in [-0.3, -0.25) is 0 Å². The number of hydrogen-bond donors (Lipinski definition) is 1. The second-order valence-corrected chi connectivity index (χ2v) is 5.32. The summed E-state index contributed by atoms with van der Waals surface area (Å²) < 4.78 is 26.2. The molecule has 3 heteroatoms. The van der Waals surface area contributed by atoms with E-state index < -0.39 is 17.2 Å². The quantitative estimate of drug-likeness (QED) is 0.743. The minimum absolute atomic E-state index is 0.487. The largest absolute Gasteiger partial charge is 0.321 e. The summed E-state index contributed by atoms with van der Waals surface area (Å²) in [6.45, 7) is 2.22. The van der Waals surface area contributed by atoms with Crippen LogP contribution in [0.5, 0.6) is 0 Å². The third kappa shape index (κ3) is 2.65. The zero-order chi connectivity index (χ0) is 12.5. The highest BCUT2D eigenvalue weighted by Gasteiger charge is 2.30. The summed E-state index contributed by atoms with van der Waals surface area (Å²) in [5.41, 5.74) is 6.61. The molecule has 0 radical (unpaired) electrons. The Bertz CT molecular complexity index is 405. The van der Waals surface area contributed by atoms with Gasteiger partial charge in [-0.15, -0.1) is 0 Å². The van der Waals surface area contributed by atoms with Crippen molar-refractivity contribution in [2.75, 3.05) is 0 Å². The lowest BCUT2D eigenvalue weighted by Gasteiger charge is -2.29. The van der Waals surface area contributed by atoms with E-state index in [1.807, 2.05) is 0 Å². The first-order chi connectivity index (χ1) is 8.01. The molecule has 2 rings (SSSR count). The molecular formula is C14H19F2N. The third-order valence-electron chi connectivity index (χ3n) is 3.90. The standard InChI is InChI=1S/C14H19F2N/c1-10-3-2-7-14(17,8-6-10)11-4-5-12(15)13(16)9-11/h4-5,9-10H,2-3,6-8,17H2,1H3. The van der Waals surface area contributed by atoms with Crippen LogP contribution in [0.15, 0.2) is 18.2 Å². The molecule has 1 aliphatic rings. The number of nitrogens with two attached hydrogens (primary N) is 1. The first-order valence-corrected chi connectivity index (χ1v) is 6.26. The van der Waals surface area contributed by atoms with Crippen molar-refractivity contribution in [2.45, 2.75) is 44.6 Å². The van der Waals surface area contributed by atoms with E-state index in [1.165, 1.54) is 18.6 Å². The minimum Gasteiger partial charge on any atom is -0.321 e. The summed E-state index contributed by atoms with van der Waals surface area (Å²) in [6, 6.07) is 4.05. The molecule has 1 fully saturated rings. The van der Waals surface area contributed by atoms with Gasteiger partial charge in [0.25, 0.3) is 0 Å². The molecule has 17 heavy (non-hydrogen) atoms. The van der Waals surface area contributed by atoms with Crippen molar-refractivity contribution in [3.63, 3.8) is 0 Å². The third-order valence-corrected chi connectivity index (χ3v) is 3.90. The van der Waals surface area contributed by atoms with Crippen molar-refractivity contribution in [1.29, 1.82) is 0 Å². The van der Waals surface area contributed by atoms with E-state index in [0.29, 0.717) is 5.92 Å². The highest BCUT2D eigenvalue weighted by Crippen LogP contribution is 2.36. The summed E-state index contributed by atoms with van der Waals surface area (Å²) in [7, 11) is 0. The lowest BCUT2D eigenvalue weighted by Crippen LogP contribution is -2.36. The summed E-state index contributed by atoms with van der Waals surface area (Å²) in [6.07, 6.45) is 4.97. The molecule has 0 saturated heterocycles. The van der Waals surface area contributed by atoms with E-state index >= 15 is 0 Å². The van der Waals surface area contributed by atoms with Crippen LogP contribution in [0.3, 0.4) is 0 Å². The van der Waals surface area contributed by atoms with Gasteiger partial charge in [-0.25, -0.2) is 8.78 Å². The molecule has 0 heterocycles. The van der Waals surface area contributed by atoms with Gasteiger partial charge in [0.2, 0.25) is 0 Å². The van der Waals surface area contributed by atoms with Gasteiger partial charge in [-0.1, -0.05) is 25.8 Å². The van der Waals surface area contributed by atoms with E-state index in [0.717, 1.165) is 31.2 Å². The van der Waals surface area contributed by atoms with Crippen molar-refractivity contribution in [2.24, 2.45) is 11.7 Å². The molecule has 2 N–H and O–H groups in total. The molecule has 0 aromatic heterocycles. The molecule has 0 aliphatic heterocycles. The molecule has 1 saturated carbocycles. The first kappa shape index (κ1) is 12.5. The van der Waals surface area contributed by atoms with Crippen molar-refractivity contribution in [3.8, 4) is 0 Å². The molecule has 1 aliphatic carbocycles. The zero-order valence-corrected chi connectivity index (χ0v) is 10.2. The van der Waals surface area contributed by atoms with Crippen molar-refractivity contribution in [1.82, 2.24) is 0 Å². The molecule has 1 aromatic rings. The smallest absolute Gasteiger partial charge is 0.159 e. The maximum absolute atomic E-state index is 13.3. The van der Waals surface area contributed by atoms with E-state index in [9.17, 15) is 8.78 Å². The Labute approximate surface area is 101 Å². The number of halogens is 2. The van der Waals surface area contributed by atoms with Crippen LogP contribution in [0.1, 0.15) is 44.6 Å². The molecule has 0 amide bonds. The van der Waals surface area contributed by atoms with Crippen LogP contribution >= 0.6 is 0 Å². The summed E-state index contributed by atoms with van der Waals surface area (Å²) >= 11 is 0. The summed E-state index contributed by atoms with van der Waals surface area (Å²) in [5, 5.41) is 0. The molecule has 2 unspecified atom stereocenters. The fourth-order valence-electron chi connectivity index (χ4n) is 2.63. The van der Waals surface area contributed by atoms with Crippen LogP contribution in [0.4, 0.5) is 8.78 Å². The number of benzene rings is 1. The molecule has 0 spiro atoms. The zero-order valence-electron chi connectivity index (χ0n) is 10.2. The van der Waals surface area contributed by atoms with E-state index in [1.54, 1.807) is 6.07 Å². The van der Waals surface area contributed by atoms with Gasteiger partial charge < -0.3 is 5.73 Å². The molecule has 2 atom stereocenters. The van der Waals surface area contributed by atoms with Gasteiger partial charge in [-0.2, -0.15) is 0 Å². The second-order valence-electron chi connectivity index (χ2n) is 5.32. The Kier molecular flexibility index (Phi) is 3.48. The Balaban J connectivity index is 2.27. The molecule has 94 valence electrons. The normalized spacial score (nSPS) is 30.0. The van der Waals surface area contributed by atoms with Crippen LogP contribution < -0.4 is 5.73 Å². The SMILES string of the molecule is CC1CCCC(N)(c2ccc(F)c(F)c2)CC1. The van der Waals surface area contributed by atoms with Gasteiger partial charge in [0.05, 0.1) is 0 Å². The van der Waals surface area contributed by atoms with Crippen LogP contribution in [0.2, 0.25) is 0 Å². The highest BCUT2D eigenvalue weighted by atomic mass is 19.2. The summed E-state index contributed by atoms with van der Waals surface area (Å²) in [4.78, 5) is 0. The highest BCUT2D eigenvalue weighted by molar-refractivity contribution is 5.26. The van der Waals surface area contributed by atoms with E-state index in [4.69, 9.17) is 5.73 Å². The second kappa shape index (κ2) is 4.73. The molecule has 1 aromatic carbocycles. The fourth-order valence-corrected chi connectivity index (χ4v) is 2.63. The van der Waals surface area contributed by atoms with Gasteiger partial charge in [0.1, 0.15) is 0 Å². The van der Waals surface area contributed by atoms with Gasteiger partial charge in [0.15, 0.2) is 11.6 Å². The van der Waals surface area contributed by atoms with Crippen LogP contribution in [0.25, 0.3) is 0 Å². The molecule has 0 bridgehead atoms. The average molecular weight is 239 g/mol. The lowest BCUT2D eigenvalue weighted by molar-refractivity contribution is 0.374. The van der Waals surface area contributed by atoms with Gasteiger partial charge in [0, 0.05) is 5.54 Å². The number of rotatable bonds is 1. The average Bonchev–Trinajstić information content (AvgIpc) is 2.46. The predicted octanol–water partition coefficient (Wildman–Crippen LogP) is 3.72. The number of hydrogen-bond acceptors (Lipinski definition) is 1. The minimum atomic E-state index is -0.806. The van der Waals surface area contributed by atoms with Gasteiger partial charge >= 0.3 is 0 Å². The first-order valence-electron chi connectivity index (χ1n) is 6.26. The van der Waals surface area contributed by atoms with Crippen molar-refractivity contribution >= 4 is 0 Å². The van der Waals surface area contributed by atoms with E-state index in [-0.39, 0.29) is 0 Å². The van der Waals surface area contributed by atoms with Crippen molar-refractivity contribution < 1.29 is 8.78 Å². The van der Waals surface area contributed by atoms with Crippen LogP contribution in [-0.4, -0.2) is 0 Å². The lowest BCUT2D eigenvalue weighted by atomic mass is 9.83. The fraction of sp³-hybridized carbons (Fsp3) is 0.571. The van der Waals surface area contributed by atoms with E-state index in [2.05, 4.69) is 6.92 Å². The van der Waals surface area contributed by atoms with Crippen LogP contribution in [-0.2, 0) is 5.54 Å². The Hall–Kier alpha value is -0.960. The van der Waals surface area contributed by atoms with Gasteiger partial charge in [-0.05, 0) is 42.9 Å². The molecule has 1 nitrogen and oxygen atoms in total. The Morgan fingerprint density at radius 3 is 2.65 bits per heavy atom. The topological polar surface area (TPSA) is 26.0 Å². The Morgan fingerprint density at radius 2 is 1.94 bits per heavy atom.